The van der Waals surface area contributed by atoms with Gasteiger partial charge in [-0.15, -0.1) is 0 Å². The molecule has 2 heterocycles. The topological polar surface area (TPSA) is 102 Å². The second kappa shape index (κ2) is 7.30. The van der Waals surface area contributed by atoms with Gasteiger partial charge in [-0.2, -0.15) is 0 Å². The lowest BCUT2D eigenvalue weighted by molar-refractivity contribution is -0.148. The number of imide groups is 1. The van der Waals surface area contributed by atoms with Gasteiger partial charge in [0.15, 0.2) is 0 Å². The second-order valence-corrected chi connectivity index (χ2v) is 10.8. The minimum absolute atomic E-state index is 0.00419. The van der Waals surface area contributed by atoms with Crippen LogP contribution in [0.4, 0.5) is 4.79 Å². The molecule has 7 heteroatoms. The number of urea groups is 1. The van der Waals surface area contributed by atoms with Crippen LogP contribution in [0, 0.1) is 12.8 Å². The lowest BCUT2D eigenvalue weighted by atomic mass is 9.55. The van der Waals surface area contributed by atoms with Crippen molar-refractivity contribution in [1.82, 2.24) is 15.5 Å². The minimum Gasteiger partial charge on any atom is -0.508 e. The quantitative estimate of drug-likeness (QED) is 0.524. The molecular weight excluding hydrogens is 430 g/mol. The summed E-state index contributed by atoms with van der Waals surface area (Å²) in [6.45, 7) is 3.77. The van der Waals surface area contributed by atoms with E-state index in [1.807, 2.05) is 19.1 Å². The summed E-state index contributed by atoms with van der Waals surface area (Å²) in [6, 6.07) is 15.2. The Morgan fingerprint density at radius 1 is 1.12 bits per heavy atom. The first-order valence-corrected chi connectivity index (χ1v) is 12.2. The number of fused-ring (bicyclic) bond motifs is 3. The van der Waals surface area contributed by atoms with E-state index >= 15 is 0 Å². The molecule has 5 atom stereocenters. The van der Waals surface area contributed by atoms with Crippen LogP contribution in [-0.4, -0.2) is 57.3 Å². The van der Waals surface area contributed by atoms with E-state index in [4.69, 9.17) is 0 Å². The van der Waals surface area contributed by atoms with E-state index in [0.29, 0.717) is 25.2 Å². The molecule has 2 aliphatic carbocycles. The Morgan fingerprint density at radius 2 is 1.91 bits per heavy atom. The molecule has 0 bridgehead atoms. The van der Waals surface area contributed by atoms with Gasteiger partial charge in [0, 0.05) is 24.5 Å². The first kappa shape index (κ1) is 21.6. The van der Waals surface area contributed by atoms with Crippen molar-refractivity contribution >= 4 is 11.9 Å². The number of aryl methyl sites for hydroxylation is 1. The largest absolute Gasteiger partial charge is 0.508 e. The fourth-order valence-corrected chi connectivity index (χ4v) is 7.61. The molecule has 1 spiro atoms. The van der Waals surface area contributed by atoms with Crippen molar-refractivity contribution in [2.45, 2.75) is 61.6 Å². The average molecular weight is 462 g/mol. The third-order valence-electron chi connectivity index (χ3n) is 9.06. The predicted octanol–water partition coefficient (Wildman–Crippen LogP) is 2.38. The molecule has 2 saturated carbocycles. The molecule has 0 radical (unpaired) electrons. The molecule has 7 nitrogen and oxygen atoms in total. The van der Waals surface area contributed by atoms with Crippen LogP contribution >= 0.6 is 0 Å². The van der Waals surface area contributed by atoms with Gasteiger partial charge in [-0.25, -0.2) is 4.79 Å². The van der Waals surface area contributed by atoms with E-state index in [-0.39, 0.29) is 17.7 Å². The van der Waals surface area contributed by atoms with Crippen molar-refractivity contribution in [2.75, 3.05) is 13.1 Å². The molecule has 178 valence electrons. The summed E-state index contributed by atoms with van der Waals surface area (Å²) in [5, 5.41) is 28.2. The van der Waals surface area contributed by atoms with Crippen molar-refractivity contribution < 1.29 is 19.8 Å². The number of rotatable bonds is 4. The van der Waals surface area contributed by atoms with Crippen molar-refractivity contribution in [3.8, 4) is 5.75 Å². The van der Waals surface area contributed by atoms with Gasteiger partial charge in [-0.05, 0) is 73.8 Å². The van der Waals surface area contributed by atoms with Gasteiger partial charge in [0.2, 0.25) is 0 Å². The Morgan fingerprint density at radius 3 is 2.65 bits per heavy atom. The first-order chi connectivity index (χ1) is 16.3. The Labute approximate surface area is 199 Å². The van der Waals surface area contributed by atoms with E-state index < -0.39 is 22.6 Å². The summed E-state index contributed by atoms with van der Waals surface area (Å²) in [6.07, 6.45) is 2.79. The van der Waals surface area contributed by atoms with Crippen molar-refractivity contribution in [3.63, 3.8) is 0 Å². The summed E-state index contributed by atoms with van der Waals surface area (Å²) in [7, 11) is 0. The second-order valence-electron chi connectivity index (χ2n) is 10.8. The van der Waals surface area contributed by atoms with Crippen molar-refractivity contribution in [1.29, 1.82) is 0 Å². The zero-order valence-electron chi connectivity index (χ0n) is 19.4. The number of hydrogen-bond acceptors (Lipinski definition) is 5. The molecule has 2 saturated heterocycles. The summed E-state index contributed by atoms with van der Waals surface area (Å²) in [5.41, 5.74) is 0.332. The SMILES string of the molecule is Cc1ccc(O)cc1C12CC3CN(CCc4ccccc4)C3C1(O)CCC1(C2)NC(=O)NC1=O. The monoisotopic (exact) mass is 461 g/mol. The van der Waals surface area contributed by atoms with Crippen LogP contribution in [0.3, 0.4) is 0 Å². The Bertz CT molecular complexity index is 1170. The highest BCUT2D eigenvalue weighted by molar-refractivity contribution is 6.07. The Hall–Kier alpha value is -2.90. The number of nitrogens with one attached hydrogen (secondary N) is 2. The maximum absolute atomic E-state index is 12.9. The number of amides is 3. The van der Waals surface area contributed by atoms with Gasteiger partial charge in [-0.3, -0.25) is 15.0 Å². The smallest absolute Gasteiger partial charge is 0.322 e. The summed E-state index contributed by atoms with van der Waals surface area (Å²) in [4.78, 5) is 27.5. The van der Waals surface area contributed by atoms with Crippen molar-refractivity contribution in [2.24, 2.45) is 5.92 Å². The highest BCUT2D eigenvalue weighted by atomic mass is 16.3. The van der Waals surface area contributed by atoms with Gasteiger partial charge < -0.3 is 15.5 Å². The van der Waals surface area contributed by atoms with Gasteiger partial charge >= 0.3 is 6.03 Å². The molecule has 4 N–H and O–H groups in total. The molecule has 2 aromatic rings. The van der Waals surface area contributed by atoms with Gasteiger partial charge in [0.25, 0.3) is 5.91 Å². The molecule has 5 unspecified atom stereocenters. The number of aromatic hydroxyl groups is 1. The van der Waals surface area contributed by atoms with Crippen LogP contribution in [-0.2, 0) is 16.6 Å². The average Bonchev–Trinajstić information content (AvgIpc) is 3.18. The standard InChI is InChI=1S/C27H31N3O4/c1-17-7-8-20(31)13-21(17)25-14-19-15-30(12-9-18-5-3-2-4-6-18)22(19)27(25,34)11-10-26(16-25)23(32)28-24(33)29-26/h2-8,13,19,22,31,34H,9-12,14-16H2,1H3,(H2,28,29,32,33). The Balaban J connectivity index is 1.39. The Kier molecular flexibility index (Phi) is 4.64. The zero-order chi connectivity index (χ0) is 23.7. The molecule has 6 rings (SSSR count). The minimum atomic E-state index is -1.05. The molecule has 34 heavy (non-hydrogen) atoms. The van der Waals surface area contributed by atoms with E-state index in [2.05, 4.69) is 39.8 Å². The fourth-order valence-electron chi connectivity index (χ4n) is 7.61. The third kappa shape index (κ3) is 2.89. The number of likely N-dealkylation sites (tertiary alicyclic amines) is 1. The zero-order valence-corrected chi connectivity index (χ0v) is 19.4. The molecule has 4 aliphatic rings. The molecule has 0 aromatic heterocycles. The van der Waals surface area contributed by atoms with E-state index in [1.165, 1.54) is 5.56 Å². The number of carbonyl (C=O) groups excluding carboxylic acids is 2. The number of benzene rings is 2. The maximum Gasteiger partial charge on any atom is 0.322 e. The summed E-state index contributed by atoms with van der Waals surface area (Å²) >= 11 is 0. The van der Waals surface area contributed by atoms with Crippen LogP contribution in [0.2, 0.25) is 0 Å². The highest BCUT2D eigenvalue weighted by Gasteiger charge is 2.73. The van der Waals surface area contributed by atoms with Crippen LogP contribution in [0.25, 0.3) is 0 Å². The van der Waals surface area contributed by atoms with Gasteiger partial charge in [0.1, 0.15) is 11.3 Å². The molecular formula is C27H31N3O4. The molecule has 3 amide bonds. The number of nitrogens with zero attached hydrogens (tertiary/aromatic N) is 1. The summed E-state index contributed by atoms with van der Waals surface area (Å²) in [5.74, 6) is 0.145. The normalized spacial score (nSPS) is 36.5. The third-order valence-corrected chi connectivity index (χ3v) is 9.06. The van der Waals surface area contributed by atoms with E-state index in [1.54, 1.807) is 12.1 Å². The number of phenols is 1. The highest BCUT2D eigenvalue weighted by Crippen LogP contribution is 2.65. The number of carbonyl (C=O) groups is 2. The van der Waals surface area contributed by atoms with Crippen LogP contribution in [0.5, 0.6) is 5.75 Å². The lowest BCUT2D eigenvalue weighted by Crippen LogP contribution is -2.70. The van der Waals surface area contributed by atoms with Crippen LogP contribution < -0.4 is 10.6 Å². The summed E-state index contributed by atoms with van der Waals surface area (Å²) < 4.78 is 0. The fraction of sp³-hybridized carbons (Fsp3) is 0.481. The van der Waals surface area contributed by atoms with E-state index in [0.717, 1.165) is 37.1 Å². The molecule has 4 fully saturated rings. The number of aliphatic hydroxyl groups is 1. The number of hydrogen-bond donors (Lipinski definition) is 4. The maximum atomic E-state index is 12.9. The van der Waals surface area contributed by atoms with Crippen LogP contribution in [0.15, 0.2) is 48.5 Å². The lowest BCUT2D eigenvalue weighted by Gasteiger charge is -2.57. The van der Waals surface area contributed by atoms with Gasteiger partial charge in [0.05, 0.1) is 5.60 Å². The molecule has 2 aliphatic heterocycles. The first-order valence-electron chi connectivity index (χ1n) is 12.2. The van der Waals surface area contributed by atoms with E-state index in [9.17, 15) is 19.8 Å². The number of phenolic OH excluding ortho intramolecular Hbond substituents is 1. The molecule has 2 aromatic carbocycles. The van der Waals surface area contributed by atoms with Crippen LogP contribution in [0.1, 0.15) is 42.4 Å². The predicted molar refractivity (Wildman–Crippen MR) is 126 cm³/mol. The van der Waals surface area contributed by atoms with Gasteiger partial charge in [-0.1, -0.05) is 36.4 Å². The van der Waals surface area contributed by atoms with Crippen molar-refractivity contribution in [3.05, 3.63) is 65.2 Å².